The molecular formula is C29H26N2O3S2. The summed E-state index contributed by atoms with van der Waals surface area (Å²) in [6, 6.07) is 24.3. The van der Waals surface area contributed by atoms with E-state index in [2.05, 4.69) is 70.4 Å². The zero-order valence-electron chi connectivity index (χ0n) is 19.8. The summed E-state index contributed by atoms with van der Waals surface area (Å²) in [6.45, 7) is 0. The van der Waals surface area contributed by atoms with Crippen molar-refractivity contribution in [2.75, 3.05) is 11.8 Å². The molecule has 5 nitrogen and oxygen atoms in total. The molecule has 0 fully saturated rings. The zero-order chi connectivity index (χ0) is 24.9. The van der Waals surface area contributed by atoms with Gasteiger partial charge in [0.1, 0.15) is 15.0 Å². The number of aromatic nitrogens is 1. The number of nitrogens with one attached hydrogen (secondary N) is 1. The van der Waals surface area contributed by atoms with Crippen LogP contribution in [0.25, 0.3) is 16.1 Å². The third-order valence-corrected chi connectivity index (χ3v) is 8.35. The van der Waals surface area contributed by atoms with E-state index < -0.39 is 5.97 Å². The van der Waals surface area contributed by atoms with E-state index in [9.17, 15) is 4.79 Å². The van der Waals surface area contributed by atoms with Gasteiger partial charge in [-0.15, -0.1) is 11.3 Å². The van der Waals surface area contributed by atoms with Crippen molar-refractivity contribution in [3.8, 4) is 16.3 Å². The van der Waals surface area contributed by atoms with Crippen LogP contribution in [-0.2, 0) is 0 Å². The average Bonchev–Trinajstić information content (AvgIpc) is 3.41. The van der Waals surface area contributed by atoms with Gasteiger partial charge in [-0.3, -0.25) is 0 Å². The number of ether oxygens (including phenoxy) is 1. The average molecular weight is 515 g/mol. The van der Waals surface area contributed by atoms with Gasteiger partial charge in [-0.2, -0.15) is 0 Å². The number of rotatable bonds is 8. The molecule has 0 saturated heterocycles. The van der Waals surface area contributed by atoms with Crippen LogP contribution in [0.15, 0.2) is 89.3 Å². The number of carboxylic acids is 1. The molecule has 3 aromatic carbocycles. The van der Waals surface area contributed by atoms with Crippen LogP contribution in [0.2, 0.25) is 0 Å². The molecule has 0 aliphatic heterocycles. The summed E-state index contributed by atoms with van der Waals surface area (Å²) < 4.78 is 9.57. The van der Waals surface area contributed by atoms with E-state index in [4.69, 9.17) is 9.84 Å². The van der Waals surface area contributed by atoms with Crippen LogP contribution in [0.1, 0.15) is 46.7 Å². The van der Waals surface area contributed by atoms with Crippen molar-refractivity contribution in [2.45, 2.75) is 29.4 Å². The lowest BCUT2D eigenvalue weighted by Gasteiger charge is -2.22. The van der Waals surface area contributed by atoms with E-state index in [1.165, 1.54) is 48.2 Å². The standard InChI is InChI=1S/C29H26N2O3S2/c1-34-26-17-24(29(32)33)15-16-25(26)31-36-27-18-30-28(35-27)23-13-11-22(12-14-23)21-9-7-20(8-10-21)19-5-3-2-4-6-19/h2-6,9,11-18,20,31H,7-8,10H2,1H3,(H,32,33). The predicted octanol–water partition coefficient (Wildman–Crippen LogP) is 7.99. The third kappa shape index (κ3) is 5.48. The molecule has 0 saturated carbocycles. The lowest BCUT2D eigenvalue weighted by molar-refractivity contribution is 0.0696. The molecule has 1 heterocycles. The molecular weight excluding hydrogens is 488 g/mol. The molecule has 182 valence electrons. The number of hydrogen-bond acceptors (Lipinski definition) is 6. The molecule has 5 rings (SSSR count). The summed E-state index contributed by atoms with van der Waals surface area (Å²) in [5.74, 6) is 0.112. The number of thiazole rings is 1. The minimum Gasteiger partial charge on any atom is -0.495 e. The highest BCUT2D eigenvalue weighted by Crippen LogP contribution is 2.38. The summed E-state index contributed by atoms with van der Waals surface area (Å²) in [5, 5.41) is 10.1. The number of anilines is 1. The van der Waals surface area contributed by atoms with Crippen LogP contribution < -0.4 is 9.46 Å². The minimum atomic E-state index is -0.984. The fraction of sp³-hybridized carbons (Fsp3) is 0.172. The monoisotopic (exact) mass is 514 g/mol. The van der Waals surface area contributed by atoms with Gasteiger partial charge in [-0.1, -0.05) is 60.7 Å². The topological polar surface area (TPSA) is 71.5 Å². The van der Waals surface area contributed by atoms with Crippen molar-refractivity contribution < 1.29 is 14.6 Å². The molecule has 0 radical (unpaired) electrons. The Kier molecular flexibility index (Phi) is 7.39. The van der Waals surface area contributed by atoms with Crippen molar-refractivity contribution in [1.29, 1.82) is 0 Å². The SMILES string of the molecule is COc1cc(C(=O)O)ccc1NSc1cnc(-c2ccc(C3=CCC(c4ccccc4)CC3)cc2)s1. The van der Waals surface area contributed by atoms with Gasteiger partial charge in [-0.25, -0.2) is 9.78 Å². The van der Waals surface area contributed by atoms with Crippen molar-refractivity contribution in [3.05, 3.63) is 102 Å². The molecule has 4 aromatic rings. The van der Waals surface area contributed by atoms with E-state index in [0.29, 0.717) is 17.4 Å². The summed E-state index contributed by atoms with van der Waals surface area (Å²) in [6.07, 6.45) is 7.61. The van der Waals surface area contributed by atoms with Crippen LogP contribution in [-0.4, -0.2) is 23.2 Å². The van der Waals surface area contributed by atoms with Gasteiger partial charge < -0.3 is 14.6 Å². The smallest absolute Gasteiger partial charge is 0.335 e. The van der Waals surface area contributed by atoms with Crippen molar-refractivity contribution in [2.24, 2.45) is 0 Å². The second kappa shape index (κ2) is 11.0. The van der Waals surface area contributed by atoms with Crippen LogP contribution in [0.4, 0.5) is 5.69 Å². The lowest BCUT2D eigenvalue weighted by Crippen LogP contribution is -2.03. The fourth-order valence-corrected chi connectivity index (χ4v) is 6.07. The fourth-order valence-electron chi connectivity index (χ4n) is 4.40. The summed E-state index contributed by atoms with van der Waals surface area (Å²) in [4.78, 5) is 15.8. The van der Waals surface area contributed by atoms with Crippen molar-refractivity contribution >= 4 is 40.5 Å². The number of hydrogen-bond donors (Lipinski definition) is 2. The lowest BCUT2D eigenvalue weighted by atomic mass is 9.82. The second-order valence-electron chi connectivity index (χ2n) is 8.60. The number of carbonyl (C=O) groups is 1. The number of nitrogens with zero attached hydrogens (tertiary/aromatic N) is 1. The largest absolute Gasteiger partial charge is 0.495 e. The molecule has 1 atom stereocenters. The molecule has 2 N–H and O–H groups in total. The van der Waals surface area contributed by atoms with Crippen LogP contribution in [0, 0.1) is 0 Å². The maximum Gasteiger partial charge on any atom is 0.335 e. The Morgan fingerprint density at radius 2 is 1.86 bits per heavy atom. The van der Waals surface area contributed by atoms with Crippen molar-refractivity contribution in [3.63, 3.8) is 0 Å². The Morgan fingerprint density at radius 3 is 2.56 bits per heavy atom. The molecule has 1 unspecified atom stereocenters. The van der Waals surface area contributed by atoms with E-state index in [-0.39, 0.29) is 5.56 Å². The quantitative estimate of drug-likeness (QED) is 0.232. The van der Waals surface area contributed by atoms with E-state index in [1.54, 1.807) is 23.5 Å². The second-order valence-corrected chi connectivity index (χ2v) is 10.7. The number of benzene rings is 3. The Morgan fingerprint density at radius 1 is 1.08 bits per heavy atom. The summed E-state index contributed by atoms with van der Waals surface area (Å²) in [5.41, 5.74) is 6.14. The van der Waals surface area contributed by atoms with E-state index in [1.807, 2.05) is 6.20 Å². The highest BCUT2D eigenvalue weighted by Gasteiger charge is 2.17. The Bertz CT molecular complexity index is 1380. The molecule has 1 aromatic heterocycles. The number of allylic oxidation sites excluding steroid dienone is 2. The number of carboxylic acid groups (broad SMARTS) is 1. The predicted molar refractivity (Wildman–Crippen MR) is 148 cm³/mol. The van der Waals surface area contributed by atoms with Crippen LogP contribution in [0.5, 0.6) is 5.75 Å². The first-order valence-corrected chi connectivity index (χ1v) is 13.4. The van der Waals surface area contributed by atoms with Crippen molar-refractivity contribution in [1.82, 2.24) is 4.98 Å². The summed E-state index contributed by atoms with van der Waals surface area (Å²) >= 11 is 3.03. The molecule has 36 heavy (non-hydrogen) atoms. The molecule has 1 aliphatic carbocycles. The Labute approximate surface area is 219 Å². The highest BCUT2D eigenvalue weighted by molar-refractivity contribution is 8.02. The Balaban J connectivity index is 1.22. The maximum atomic E-state index is 11.2. The van der Waals surface area contributed by atoms with Gasteiger partial charge in [0.05, 0.1) is 24.6 Å². The first kappa shape index (κ1) is 24.2. The maximum absolute atomic E-state index is 11.2. The third-order valence-electron chi connectivity index (χ3n) is 6.38. The summed E-state index contributed by atoms with van der Waals surface area (Å²) in [7, 11) is 1.52. The molecule has 0 spiro atoms. The zero-order valence-corrected chi connectivity index (χ0v) is 21.4. The van der Waals surface area contributed by atoms with Crippen LogP contribution >= 0.6 is 23.3 Å². The number of methoxy groups -OCH3 is 1. The van der Waals surface area contributed by atoms with Gasteiger partial charge in [0.2, 0.25) is 0 Å². The number of aromatic carboxylic acids is 1. The van der Waals surface area contributed by atoms with Gasteiger partial charge in [0.25, 0.3) is 0 Å². The Hall–Kier alpha value is -3.55. The minimum absolute atomic E-state index is 0.186. The van der Waals surface area contributed by atoms with E-state index in [0.717, 1.165) is 27.6 Å². The first-order chi connectivity index (χ1) is 17.6. The van der Waals surface area contributed by atoms with E-state index >= 15 is 0 Å². The van der Waals surface area contributed by atoms with Crippen LogP contribution in [0.3, 0.4) is 0 Å². The molecule has 1 aliphatic rings. The molecule has 0 bridgehead atoms. The van der Waals surface area contributed by atoms with Gasteiger partial charge >= 0.3 is 5.97 Å². The van der Waals surface area contributed by atoms with Gasteiger partial charge in [0.15, 0.2) is 0 Å². The van der Waals surface area contributed by atoms with Gasteiger partial charge in [0, 0.05) is 5.56 Å². The first-order valence-electron chi connectivity index (χ1n) is 11.8. The van der Waals surface area contributed by atoms with Gasteiger partial charge in [-0.05, 0) is 72.0 Å². The molecule has 7 heteroatoms. The highest BCUT2D eigenvalue weighted by atomic mass is 32.2. The molecule has 0 amide bonds. The normalized spacial score (nSPS) is 15.2.